The zero-order valence-electron chi connectivity index (χ0n) is 17.1. The molecule has 2 amide bonds. The van der Waals surface area contributed by atoms with Crippen molar-refractivity contribution in [1.82, 2.24) is 10.2 Å². The lowest BCUT2D eigenvalue weighted by Gasteiger charge is -2.30. The van der Waals surface area contributed by atoms with Crippen molar-refractivity contribution in [1.29, 1.82) is 0 Å². The van der Waals surface area contributed by atoms with Gasteiger partial charge in [-0.2, -0.15) is 0 Å². The number of amides is 2. The van der Waals surface area contributed by atoms with Crippen molar-refractivity contribution in [2.45, 2.75) is 45.2 Å². The fraction of sp³-hybridized carbons (Fsp3) is 0.364. The minimum Gasteiger partial charge on any atom is -0.352 e. The van der Waals surface area contributed by atoms with Gasteiger partial charge in [-0.25, -0.2) is 0 Å². The monoisotopic (exact) mass is 486 g/mol. The van der Waals surface area contributed by atoms with E-state index in [2.05, 4.69) is 5.32 Å². The molecule has 2 aromatic rings. The predicted molar refractivity (Wildman–Crippen MR) is 127 cm³/mol. The van der Waals surface area contributed by atoms with Crippen LogP contribution in [0, 0.1) is 0 Å². The standard InChI is InChI=1S/C22H25Cl3N2O2S/c1-14(2)26-22(29)15(3)27(11-18-19(24)5-4-6-20(18)25)21(28)13-30-12-16-7-9-17(23)10-8-16/h4-10,14-15H,11-13H2,1-3H3,(H,26,29). The van der Waals surface area contributed by atoms with Gasteiger partial charge in [-0.3, -0.25) is 9.59 Å². The fourth-order valence-electron chi connectivity index (χ4n) is 2.76. The third-order valence-corrected chi connectivity index (χ3v) is 6.34. The van der Waals surface area contributed by atoms with Crippen molar-refractivity contribution in [2.24, 2.45) is 0 Å². The third-order valence-electron chi connectivity index (χ3n) is 4.40. The second kappa shape index (κ2) is 11.8. The quantitative estimate of drug-likeness (QED) is 0.485. The Kier molecular flexibility index (Phi) is 9.82. The zero-order valence-corrected chi connectivity index (χ0v) is 20.2. The summed E-state index contributed by atoms with van der Waals surface area (Å²) in [5, 5.41) is 4.46. The Labute approximate surface area is 197 Å². The summed E-state index contributed by atoms with van der Waals surface area (Å²) >= 11 is 20.0. The summed E-state index contributed by atoms with van der Waals surface area (Å²) in [5.41, 5.74) is 1.70. The van der Waals surface area contributed by atoms with Crippen LogP contribution < -0.4 is 5.32 Å². The summed E-state index contributed by atoms with van der Waals surface area (Å²) in [7, 11) is 0. The molecule has 1 atom stereocenters. The van der Waals surface area contributed by atoms with Crippen molar-refractivity contribution in [3.63, 3.8) is 0 Å². The molecule has 0 radical (unpaired) electrons. The van der Waals surface area contributed by atoms with Crippen LogP contribution in [-0.2, 0) is 21.9 Å². The molecule has 2 rings (SSSR count). The van der Waals surface area contributed by atoms with Crippen LogP contribution >= 0.6 is 46.6 Å². The van der Waals surface area contributed by atoms with Crippen LogP contribution in [0.1, 0.15) is 31.9 Å². The number of carbonyl (C=O) groups excluding carboxylic acids is 2. The zero-order chi connectivity index (χ0) is 22.3. The Morgan fingerprint density at radius 1 is 1.00 bits per heavy atom. The molecule has 0 aliphatic rings. The maximum absolute atomic E-state index is 13.1. The molecule has 0 aliphatic heterocycles. The van der Waals surface area contributed by atoms with Gasteiger partial charge in [0.25, 0.3) is 0 Å². The number of hydrogen-bond acceptors (Lipinski definition) is 3. The lowest BCUT2D eigenvalue weighted by molar-refractivity contribution is -0.138. The Hall–Kier alpha value is -1.40. The molecule has 0 bridgehead atoms. The molecular formula is C22H25Cl3N2O2S. The van der Waals surface area contributed by atoms with Gasteiger partial charge in [0.2, 0.25) is 11.8 Å². The minimum atomic E-state index is -0.664. The summed E-state index contributed by atoms with van der Waals surface area (Å²) in [5.74, 6) is 0.515. The van der Waals surface area contributed by atoms with Crippen molar-refractivity contribution < 1.29 is 9.59 Å². The normalized spacial score (nSPS) is 12.0. The van der Waals surface area contributed by atoms with Crippen LogP contribution in [0.25, 0.3) is 0 Å². The van der Waals surface area contributed by atoms with E-state index in [1.807, 2.05) is 38.1 Å². The second-order valence-corrected chi connectivity index (χ2v) is 9.42. The van der Waals surface area contributed by atoms with E-state index in [0.717, 1.165) is 5.56 Å². The number of benzene rings is 2. The van der Waals surface area contributed by atoms with Gasteiger partial charge in [0.1, 0.15) is 6.04 Å². The van der Waals surface area contributed by atoms with E-state index in [9.17, 15) is 9.59 Å². The lowest BCUT2D eigenvalue weighted by Crippen LogP contribution is -2.49. The van der Waals surface area contributed by atoms with Crippen LogP contribution in [0.3, 0.4) is 0 Å². The first-order chi connectivity index (χ1) is 14.2. The van der Waals surface area contributed by atoms with Crippen LogP contribution in [0.5, 0.6) is 0 Å². The highest BCUT2D eigenvalue weighted by molar-refractivity contribution is 7.99. The van der Waals surface area contributed by atoms with E-state index in [1.165, 1.54) is 16.7 Å². The van der Waals surface area contributed by atoms with Gasteiger partial charge >= 0.3 is 0 Å². The molecule has 0 saturated carbocycles. The van der Waals surface area contributed by atoms with Crippen LogP contribution in [0.2, 0.25) is 15.1 Å². The number of nitrogens with zero attached hydrogens (tertiary/aromatic N) is 1. The summed E-state index contributed by atoms with van der Waals surface area (Å²) < 4.78 is 0. The van der Waals surface area contributed by atoms with Crippen molar-refractivity contribution in [2.75, 3.05) is 5.75 Å². The molecule has 8 heteroatoms. The van der Waals surface area contributed by atoms with E-state index in [0.29, 0.717) is 26.4 Å². The average Bonchev–Trinajstić information content (AvgIpc) is 2.68. The van der Waals surface area contributed by atoms with Crippen LogP contribution in [-0.4, -0.2) is 34.6 Å². The molecule has 4 nitrogen and oxygen atoms in total. The Bertz CT molecular complexity index is 855. The molecular weight excluding hydrogens is 463 g/mol. The maximum Gasteiger partial charge on any atom is 0.242 e. The van der Waals surface area contributed by atoms with Gasteiger partial charge in [-0.1, -0.05) is 53.0 Å². The molecule has 0 spiro atoms. The first-order valence-corrected chi connectivity index (χ1v) is 11.8. The summed E-state index contributed by atoms with van der Waals surface area (Å²) in [6.45, 7) is 5.63. The lowest BCUT2D eigenvalue weighted by atomic mass is 10.1. The van der Waals surface area contributed by atoms with E-state index < -0.39 is 6.04 Å². The fourth-order valence-corrected chi connectivity index (χ4v) is 4.27. The largest absolute Gasteiger partial charge is 0.352 e. The van der Waals surface area contributed by atoms with Crippen LogP contribution in [0.15, 0.2) is 42.5 Å². The van der Waals surface area contributed by atoms with Crippen molar-refractivity contribution in [3.05, 3.63) is 68.7 Å². The second-order valence-electron chi connectivity index (χ2n) is 7.18. The Morgan fingerprint density at radius 2 is 1.60 bits per heavy atom. The Balaban J connectivity index is 2.13. The minimum absolute atomic E-state index is 0.0277. The number of thioether (sulfide) groups is 1. The van der Waals surface area contributed by atoms with Gasteiger partial charge < -0.3 is 10.2 Å². The molecule has 30 heavy (non-hydrogen) atoms. The number of hydrogen-bond donors (Lipinski definition) is 1. The highest BCUT2D eigenvalue weighted by atomic mass is 35.5. The summed E-state index contributed by atoms with van der Waals surface area (Å²) in [6, 6.07) is 12.0. The van der Waals surface area contributed by atoms with E-state index >= 15 is 0 Å². The van der Waals surface area contributed by atoms with Gasteiger partial charge in [0.15, 0.2) is 0 Å². The molecule has 0 heterocycles. The van der Waals surface area contributed by atoms with Crippen molar-refractivity contribution >= 4 is 58.4 Å². The number of carbonyl (C=O) groups is 2. The van der Waals surface area contributed by atoms with Gasteiger partial charge in [0.05, 0.1) is 5.75 Å². The predicted octanol–water partition coefficient (Wildman–Crippen LogP) is 5.82. The van der Waals surface area contributed by atoms with Crippen molar-refractivity contribution in [3.8, 4) is 0 Å². The first-order valence-electron chi connectivity index (χ1n) is 9.54. The van der Waals surface area contributed by atoms with Gasteiger partial charge in [0, 0.05) is 39.0 Å². The molecule has 1 unspecified atom stereocenters. The molecule has 0 aromatic heterocycles. The highest BCUT2D eigenvalue weighted by Gasteiger charge is 2.27. The third kappa shape index (κ3) is 7.38. The SMILES string of the molecule is CC(C)NC(=O)C(C)N(Cc1c(Cl)cccc1Cl)C(=O)CSCc1ccc(Cl)cc1. The van der Waals surface area contributed by atoms with Crippen LogP contribution in [0.4, 0.5) is 0 Å². The van der Waals surface area contributed by atoms with E-state index in [1.54, 1.807) is 25.1 Å². The highest BCUT2D eigenvalue weighted by Crippen LogP contribution is 2.27. The van der Waals surface area contributed by atoms with Gasteiger partial charge in [-0.15, -0.1) is 11.8 Å². The average molecular weight is 488 g/mol. The molecule has 2 aromatic carbocycles. The number of halogens is 3. The molecule has 162 valence electrons. The first kappa shape index (κ1) is 24.9. The topological polar surface area (TPSA) is 49.4 Å². The molecule has 0 fully saturated rings. The molecule has 1 N–H and O–H groups in total. The Morgan fingerprint density at radius 3 is 2.17 bits per heavy atom. The molecule has 0 aliphatic carbocycles. The number of nitrogens with one attached hydrogen (secondary N) is 1. The number of rotatable bonds is 9. The smallest absolute Gasteiger partial charge is 0.242 e. The van der Waals surface area contributed by atoms with E-state index in [4.69, 9.17) is 34.8 Å². The maximum atomic E-state index is 13.1. The summed E-state index contributed by atoms with van der Waals surface area (Å²) in [4.78, 5) is 27.2. The molecule has 0 saturated heterocycles. The summed E-state index contributed by atoms with van der Waals surface area (Å²) in [6.07, 6.45) is 0. The van der Waals surface area contributed by atoms with Gasteiger partial charge in [-0.05, 0) is 50.6 Å². The van der Waals surface area contributed by atoms with E-state index in [-0.39, 0.29) is 30.2 Å².